The monoisotopic (exact) mass is 282 g/mol. The van der Waals surface area contributed by atoms with Crippen molar-refractivity contribution in [1.82, 2.24) is 0 Å². The molecule has 1 aromatic carbocycles. The summed E-state index contributed by atoms with van der Waals surface area (Å²) in [5, 5.41) is 9.73. The lowest BCUT2D eigenvalue weighted by Crippen LogP contribution is -2.40. The fourth-order valence-corrected chi connectivity index (χ4v) is 5.89. The van der Waals surface area contributed by atoms with E-state index in [2.05, 4.69) is 26.0 Å². The fourth-order valence-electron chi connectivity index (χ4n) is 5.89. The molecule has 0 amide bonds. The fraction of sp³-hybridized carbons (Fsp3) is 0.600. The lowest BCUT2D eigenvalue weighted by Gasteiger charge is -2.49. The molecule has 0 aliphatic heterocycles. The molecule has 2 saturated carbocycles. The highest BCUT2D eigenvalue weighted by molar-refractivity contribution is 5.40. The number of fused-ring (bicyclic) bond motifs is 5. The van der Waals surface area contributed by atoms with Crippen molar-refractivity contribution in [2.45, 2.75) is 58.3 Å². The molecule has 1 aromatic rings. The Labute approximate surface area is 128 Å². The van der Waals surface area contributed by atoms with Gasteiger partial charge in [-0.2, -0.15) is 0 Å². The molecule has 0 aromatic heterocycles. The molecule has 0 spiro atoms. The van der Waals surface area contributed by atoms with Gasteiger partial charge in [-0.1, -0.05) is 24.6 Å². The van der Waals surface area contributed by atoms with Crippen molar-refractivity contribution in [3.8, 4) is 5.75 Å². The summed E-state index contributed by atoms with van der Waals surface area (Å²) in [5.41, 5.74) is 5.15. The minimum atomic E-state index is 0.435. The Kier molecular flexibility index (Phi) is 2.96. The number of benzene rings is 1. The molecule has 0 heterocycles. The van der Waals surface area contributed by atoms with Gasteiger partial charge in [0.05, 0.1) is 0 Å². The van der Waals surface area contributed by atoms with Crippen molar-refractivity contribution in [2.75, 3.05) is 0 Å². The number of rotatable bonds is 0. The van der Waals surface area contributed by atoms with E-state index in [1.807, 2.05) is 12.1 Å². The summed E-state index contributed by atoms with van der Waals surface area (Å²) >= 11 is 0. The molecule has 4 atom stereocenters. The number of allylic oxidation sites excluding steroid dienone is 2. The van der Waals surface area contributed by atoms with Crippen LogP contribution in [-0.4, -0.2) is 5.11 Å². The zero-order valence-electron chi connectivity index (χ0n) is 13.2. The van der Waals surface area contributed by atoms with E-state index in [1.54, 1.807) is 11.1 Å². The molecule has 1 nitrogen and oxygen atoms in total. The van der Waals surface area contributed by atoms with Crippen LogP contribution in [0.25, 0.3) is 0 Å². The molecule has 4 rings (SSSR count). The highest BCUT2D eigenvalue weighted by Crippen LogP contribution is 2.62. The minimum absolute atomic E-state index is 0.435. The molecular formula is C20H26O. The van der Waals surface area contributed by atoms with Crippen molar-refractivity contribution < 1.29 is 5.11 Å². The highest BCUT2D eigenvalue weighted by Gasteiger charge is 2.52. The Hall–Kier alpha value is -1.24. The first-order chi connectivity index (χ1) is 10.1. The molecule has 1 N–H and O–H groups in total. The molecule has 3 aliphatic carbocycles. The molecule has 0 unspecified atom stereocenters. The zero-order chi connectivity index (χ0) is 14.6. The average molecular weight is 282 g/mol. The molecule has 0 radical (unpaired) electrons. The summed E-state index contributed by atoms with van der Waals surface area (Å²) in [6.45, 7) is 4.76. The zero-order valence-corrected chi connectivity index (χ0v) is 13.2. The van der Waals surface area contributed by atoms with E-state index in [1.165, 1.54) is 37.7 Å². The summed E-state index contributed by atoms with van der Waals surface area (Å²) in [5.74, 6) is 2.91. The quantitative estimate of drug-likeness (QED) is 0.649. The van der Waals surface area contributed by atoms with Crippen molar-refractivity contribution in [2.24, 2.45) is 17.3 Å². The maximum Gasteiger partial charge on any atom is 0.115 e. The van der Waals surface area contributed by atoms with Crippen molar-refractivity contribution in [1.29, 1.82) is 0 Å². The third-order valence-corrected chi connectivity index (χ3v) is 6.91. The van der Waals surface area contributed by atoms with Crippen LogP contribution in [0.1, 0.15) is 63.0 Å². The first-order valence-electron chi connectivity index (χ1n) is 8.61. The summed E-state index contributed by atoms with van der Waals surface area (Å²) < 4.78 is 0. The maximum atomic E-state index is 9.73. The number of aromatic hydroxyl groups is 1. The second-order valence-electron chi connectivity index (χ2n) is 7.61. The lowest BCUT2D eigenvalue weighted by molar-refractivity contribution is 0.0813. The van der Waals surface area contributed by atoms with Gasteiger partial charge < -0.3 is 5.11 Å². The number of aryl methyl sites for hydroxylation is 1. The third kappa shape index (κ3) is 1.82. The number of phenolic OH excluding ortho intramolecular Hbond substituents is 1. The van der Waals surface area contributed by atoms with Gasteiger partial charge in [0, 0.05) is 0 Å². The molecule has 0 saturated heterocycles. The van der Waals surface area contributed by atoms with Crippen LogP contribution in [0.4, 0.5) is 0 Å². The van der Waals surface area contributed by atoms with Crippen LogP contribution in [0.2, 0.25) is 0 Å². The molecule has 0 bridgehead atoms. The second-order valence-corrected chi connectivity index (χ2v) is 7.61. The highest BCUT2D eigenvalue weighted by atomic mass is 16.3. The number of phenols is 1. The Balaban J connectivity index is 1.72. The lowest BCUT2D eigenvalue weighted by atomic mass is 9.55. The third-order valence-electron chi connectivity index (χ3n) is 6.91. The van der Waals surface area contributed by atoms with Gasteiger partial charge in [0.15, 0.2) is 0 Å². The van der Waals surface area contributed by atoms with Gasteiger partial charge in [-0.15, -0.1) is 0 Å². The van der Waals surface area contributed by atoms with Gasteiger partial charge in [0.25, 0.3) is 0 Å². The van der Waals surface area contributed by atoms with Crippen LogP contribution in [0.5, 0.6) is 5.75 Å². The van der Waals surface area contributed by atoms with E-state index in [0.29, 0.717) is 11.2 Å². The van der Waals surface area contributed by atoms with Crippen LogP contribution in [-0.2, 0) is 6.42 Å². The van der Waals surface area contributed by atoms with Crippen LogP contribution >= 0.6 is 0 Å². The van der Waals surface area contributed by atoms with Gasteiger partial charge in [0.1, 0.15) is 5.75 Å². The van der Waals surface area contributed by atoms with Gasteiger partial charge in [-0.3, -0.25) is 0 Å². The molecule has 3 aliphatic rings. The number of hydrogen-bond donors (Lipinski definition) is 1. The summed E-state index contributed by atoms with van der Waals surface area (Å²) in [6.07, 6.45) is 10.3. The molecular weight excluding hydrogens is 256 g/mol. The summed E-state index contributed by atoms with van der Waals surface area (Å²) in [6, 6.07) is 6.10. The van der Waals surface area contributed by atoms with Crippen LogP contribution < -0.4 is 0 Å². The first-order valence-corrected chi connectivity index (χ1v) is 8.61. The summed E-state index contributed by atoms with van der Waals surface area (Å²) in [7, 11) is 0. The molecule has 2 fully saturated rings. The van der Waals surface area contributed by atoms with Gasteiger partial charge in [-0.25, -0.2) is 0 Å². The molecule has 1 heteroatoms. The number of hydrogen-bond acceptors (Lipinski definition) is 1. The van der Waals surface area contributed by atoms with Crippen LogP contribution in [0.15, 0.2) is 29.8 Å². The Bertz CT molecular complexity index is 600. The van der Waals surface area contributed by atoms with Crippen molar-refractivity contribution >= 4 is 0 Å². The molecule has 112 valence electrons. The van der Waals surface area contributed by atoms with Gasteiger partial charge in [-0.05, 0) is 91.9 Å². The van der Waals surface area contributed by atoms with Gasteiger partial charge >= 0.3 is 0 Å². The van der Waals surface area contributed by atoms with Gasteiger partial charge in [0.2, 0.25) is 0 Å². The van der Waals surface area contributed by atoms with Crippen LogP contribution in [0.3, 0.4) is 0 Å². The van der Waals surface area contributed by atoms with E-state index in [-0.39, 0.29) is 0 Å². The SMILES string of the molecule is C/C=C1\CC[C@H]2[C@@H]3CCc4cc(O)ccc4[C@H]3CC[C@]12C. The molecule has 21 heavy (non-hydrogen) atoms. The predicted octanol–water partition coefficient (Wildman–Crippen LogP) is 5.19. The normalized spacial score (nSPS) is 39.7. The minimum Gasteiger partial charge on any atom is -0.508 e. The maximum absolute atomic E-state index is 9.73. The first kappa shape index (κ1) is 13.4. The standard InChI is InChI=1S/C20H26O/c1-3-14-5-9-19-18-7-4-13-12-15(21)6-8-16(13)17(18)10-11-20(14,19)2/h3,6,8,12,17-19,21H,4-5,7,9-11H2,1-2H3/b14-3+/t17-,18-,19+,20-/m1/s1. The average Bonchev–Trinajstić information content (AvgIpc) is 2.83. The largest absolute Gasteiger partial charge is 0.508 e. The topological polar surface area (TPSA) is 20.2 Å². The van der Waals surface area contributed by atoms with Crippen molar-refractivity contribution in [3.63, 3.8) is 0 Å². The second kappa shape index (κ2) is 4.63. The van der Waals surface area contributed by atoms with Crippen LogP contribution in [0, 0.1) is 17.3 Å². The van der Waals surface area contributed by atoms with E-state index >= 15 is 0 Å². The Morgan fingerprint density at radius 2 is 2.05 bits per heavy atom. The Morgan fingerprint density at radius 3 is 2.86 bits per heavy atom. The predicted molar refractivity (Wildman–Crippen MR) is 86.5 cm³/mol. The van der Waals surface area contributed by atoms with E-state index in [4.69, 9.17) is 0 Å². The Morgan fingerprint density at radius 1 is 1.19 bits per heavy atom. The van der Waals surface area contributed by atoms with E-state index < -0.39 is 0 Å². The van der Waals surface area contributed by atoms with E-state index in [9.17, 15) is 5.11 Å². The smallest absolute Gasteiger partial charge is 0.115 e. The van der Waals surface area contributed by atoms with Crippen molar-refractivity contribution in [3.05, 3.63) is 41.0 Å². The van der Waals surface area contributed by atoms with E-state index in [0.717, 1.165) is 24.2 Å². The summed E-state index contributed by atoms with van der Waals surface area (Å²) in [4.78, 5) is 0.